The minimum atomic E-state index is 0.930. The molecule has 0 N–H and O–H groups in total. The van der Waals surface area contributed by atoms with Gasteiger partial charge in [-0.25, -0.2) is 4.98 Å². The second-order valence-corrected chi connectivity index (χ2v) is 7.36. The molecule has 0 unspecified atom stereocenters. The van der Waals surface area contributed by atoms with E-state index in [0.717, 1.165) is 44.9 Å². The lowest BCUT2D eigenvalue weighted by Gasteiger charge is -2.07. The molecule has 6 aromatic rings. The second-order valence-electron chi connectivity index (χ2n) is 7.36. The first kappa shape index (κ1) is 14.3. The first-order chi connectivity index (χ1) is 13.9. The lowest BCUT2D eigenvalue weighted by atomic mass is 10.1. The van der Waals surface area contributed by atoms with Gasteiger partial charge in [-0.05, 0) is 46.5 Å². The molecule has 0 spiro atoms. The Morgan fingerprint density at radius 2 is 1.71 bits per heavy atom. The van der Waals surface area contributed by atoms with Crippen LogP contribution in [0.15, 0.2) is 73.2 Å². The fraction of sp³-hybridized carbons (Fsp3) is 0.0417. The van der Waals surface area contributed by atoms with Crippen molar-refractivity contribution in [1.29, 1.82) is 0 Å². The lowest BCUT2D eigenvalue weighted by molar-refractivity contribution is 1.26. The first-order valence-corrected chi connectivity index (χ1v) is 9.43. The Morgan fingerprint density at radius 1 is 0.750 bits per heavy atom. The molecule has 0 atom stereocenters. The van der Waals surface area contributed by atoms with Crippen LogP contribution in [0.25, 0.3) is 49.6 Å². The number of rotatable bonds is 0. The van der Waals surface area contributed by atoms with Crippen LogP contribution in [0, 0.1) is 0 Å². The average Bonchev–Trinajstić information content (AvgIpc) is 3.33. The van der Waals surface area contributed by atoms with Gasteiger partial charge >= 0.3 is 0 Å². The van der Waals surface area contributed by atoms with Crippen molar-refractivity contribution < 1.29 is 0 Å². The summed E-state index contributed by atoms with van der Waals surface area (Å²) in [5.74, 6) is 0. The molecule has 28 heavy (non-hydrogen) atoms. The van der Waals surface area contributed by atoms with Gasteiger partial charge in [-0.15, -0.1) is 0 Å². The van der Waals surface area contributed by atoms with Crippen molar-refractivity contribution in [3.8, 4) is 11.1 Å². The number of benzene rings is 2. The van der Waals surface area contributed by atoms with Crippen molar-refractivity contribution in [2.24, 2.45) is 0 Å². The third-order valence-electron chi connectivity index (χ3n) is 5.95. The van der Waals surface area contributed by atoms with Crippen molar-refractivity contribution in [1.82, 2.24) is 19.4 Å². The molecule has 130 valence electrons. The highest BCUT2D eigenvalue weighted by atomic mass is 15.0. The van der Waals surface area contributed by atoms with E-state index in [9.17, 15) is 0 Å². The van der Waals surface area contributed by atoms with Gasteiger partial charge in [-0.2, -0.15) is 0 Å². The summed E-state index contributed by atoms with van der Waals surface area (Å²) in [6.45, 7) is 0. The van der Waals surface area contributed by atoms with Gasteiger partial charge in [0, 0.05) is 29.6 Å². The third-order valence-corrected chi connectivity index (χ3v) is 5.95. The molecule has 0 saturated heterocycles. The number of fused-ring (bicyclic) bond motifs is 12. The van der Waals surface area contributed by atoms with Crippen LogP contribution in [-0.2, 0) is 6.42 Å². The average molecular weight is 358 g/mol. The van der Waals surface area contributed by atoms with Crippen molar-refractivity contribution in [3.05, 3.63) is 84.3 Å². The fourth-order valence-electron chi connectivity index (χ4n) is 4.75. The highest BCUT2D eigenvalue weighted by molar-refractivity contribution is 6.12. The van der Waals surface area contributed by atoms with E-state index in [1.54, 1.807) is 0 Å². The summed E-state index contributed by atoms with van der Waals surface area (Å²) in [5, 5.41) is 2.17. The summed E-state index contributed by atoms with van der Waals surface area (Å²) < 4.78 is 2.24. The highest BCUT2D eigenvalue weighted by Gasteiger charge is 2.23. The quantitative estimate of drug-likeness (QED) is 0.352. The summed E-state index contributed by atoms with van der Waals surface area (Å²) >= 11 is 0. The maximum atomic E-state index is 5.14. The predicted octanol–water partition coefficient (Wildman–Crippen LogP) is 5.16. The van der Waals surface area contributed by atoms with E-state index in [1.807, 2.05) is 30.7 Å². The van der Waals surface area contributed by atoms with Crippen LogP contribution in [0.5, 0.6) is 0 Å². The first-order valence-electron chi connectivity index (χ1n) is 9.43. The minimum Gasteiger partial charge on any atom is -0.290 e. The maximum Gasteiger partial charge on any atom is 0.148 e. The van der Waals surface area contributed by atoms with Gasteiger partial charge in [0.1, 0.15) is 5.65 Å². The lowest BCUT2D eigenvalue weighted by Crippen LogP contribution is -1.93. The van der Waals surface area contributed by atoms with E-state index in [0.29, 0.717) is 0 Å². The Balaban J connectivity index is 1.72. The Hall–Kier alpha value is -3.79. The number of pyridine rings is 3. The summed E-state index contributed by atoms with van der Waals surface area (Å²) in [5.41, 5.74) is 10.5. The number of hydrogen-bond donors (Lipinski definition) is 0. The van der Waals surface area contributed by atoms with E-state index in [2.05, 4.69) is 56.8 Å². The predicted molar refractivity (Wildman–Crippen MR) is 112 cm³/mol. The fourth-order valence-corrected chi connectivity index (χ4v) is 4.75. The Morgan fingerprint density at radius 3 is 2.71 bits per heavy atom. The zero-order valence-electron chi connectivity index (χ0n) is 14.9. The van der Waals surface area contributed by atoms with Crippen molar-refractivity contribution in [2.45, 2.75) is 6.42 Å². The number of hydrogen-bond acceptors (Lipinski definition) is 3. The second kappa shape index (κ2) is 4.93. The Bertz CT molecular complexity index is 1590. The van der Waals surface area contributed by atoms with Crippen LogP contribution in [-0.4, -0.2) is 19.4 Å². The maximum absolute atomic E-state index is 5.14. The van der Waals surface area contributed by atoms with Gasteiger partial charge in [0.15, 0.2) is 0 Å². The molecule has 7 rings (SSSR count). The Labute approximate surface area is 160 Å². The van der Waals surface area contributed by atoms with Gasteiger partial charge in [-0.3, -0.25) is 14.4 Å². The van der Waals surface area contributed by atoms with Gasteiger partial charge < -0.3 is 0 Å². The van der Waals surface area contributed by atoms with Crippen LogP contribution in [0.4, 0.5) is 0 Å². The molecule has 1 aliphatic carbocycles. The van der Waals surface area contributed by atoms with E-state index in [1.165, 1.54) is 22.3 Å². The highest BCUT2D eigenvalue weighted by Crippen LogP contribution is 2.41. The molecule has 4 heteroatoms. The standard InChI is InChI=1S/C24H14N4/c1-2-5-15-14(4-1)12-19-16(15)7-8-20-23(19)27-24-18-6-3-10-26-22(18)17-9-11-25-13-21(17)28(20)24/h1-11,13H,12H2. The molecule has 0 bridgehead atoms. The number of nitrogens with zero attached hydrogens (tertiary/aromatic N) is 4. The van der Waals surface area contributed by atoms with Gasteiger partial charge in [-0.1, -0.05) is 30.3 Å². The summed E-state index contributed by atoms with van der Waals surface area (Å²) in [6, 6.07) is 19.2. The van der Waals surface area contributed by atoms with E-state index in [4.69, 9.17) is 4.98 Å². The molecule has 0 radical (unpaired) electrons. The topological polar surface area (TPSA) is 43.1 Å². The normalized spacial score (nSPS) is 12.9. The van der Waals surface area contributed by atoms with E-state index < -0.39 is 0 Å². The van der Waals surface area contributed by atoms with Gasteiger partial charge in [0.05, 0.1) is 28.3 Å². The monoisotopic (exact) mass is 358 g/mol. The molecule has 4 nitrogen and oxygen atoms in total. The zero-order valence-corrected chi connectivity index (χ0v) is 14.9. The number of aromatic nitrogens is 4. The largest absolute Gasteiger partial charge is 0.290 e. The molecular weight excluding hydrogens is 344 g/mol. The smallest absolute Gasteiger partial charge is 0.148 e. The van der Waals surface area contributed by atoms with E-state index >= 15 is 0 Å². The molecule has 0 fully saturated rings. The van der Waals surface area contributed by atoms with Crippen LogP contribution in [0.3, 0.4) is 0 Å². The summed E-state index contributed by atoms with van der Waals surface area (Å²) in [4.78, 5) is 14.2. The third kappa shape index (κ3) is 1.63. The molecule has 0 amide bonds. The molecule has 2 aromatic carbocycles. The SMILES string of the molecule is c1ccc2c(c1)Cc1c-2ccc2c1nc1c3cccnc3c3ccncc3n21. The van der Waals surface area contributed by atoms with Crippen LogP contribution in [0.2, 0.25) is 0 Å². The van der Waals surface area contributed by atoms with Gasteiger partial charge in [0.2, 0.25) is 0 Å². The van der Waals surface area contributed by atoms with Crippen LogP contribution in [0.1, 0.15) is 11.1 Å². The summed E-state index contributed by atoms with van der Waals surface area (Å²) in [6.07, 6.45) is 6.52. The van der Waals surface area contributed by atoms with Crippen LogP contribution < -0.4 is 0 Å². The molecule has 4 aromatic heterocycles. The minimum absolute atomic E-state index is 0.930. The van der Waals surface area contributed by atoms with Crippen LogP contribution >= 0.6 is 0 Å². The van der Waals surface area contributed by atoms with Crippen molar-refractivity contribution >= 4 is 38.5 Å². The van der Waals surface area contributed by atoms with Crippen molar-refractivity contribution in [3.63, 3.8) is 0 Å². The molecular formula is C24H14N4. The molecule has 0 aliphatic heterocycles. The Kier molecular flexibility index (Phi) is 2.51. The number of imidazole rings is 1. The zero-order chi connectivity index (χ0) is 18.2. The molecule has 0 saturated carbocycles. The van der Waals surface area contributed by atoms with Gasteiger partial charge in [0.25, 0.3) is 0 Å². The summed E-state index contributed by atoms with van der Waals surface area (Å²) in [7, 11) is 0. The molecule has 4 heterocycles. The van der Waals surface area contributed by atoms with Crippen molar-refractivity contribution in [2.75, 3.05) is 0 Å². The van der Waals surface area contributed by atoms with E-state index in [-0.39, 0.29) is 0 Å². The molecule has 1 aliphatic rings.